The normalized spacial score (nSPS) is 9.06. The molecule has 0 heterocycles. The zero-order valence-electron chi connectivity index (χ0n) is 9.82. The number of benzene rings is 1. The summed E-state index contributed by atoms with van der Waals surface area (Å²) in [5.41, 5.74) is 0.409. The number of nitro benzene ring substituents is 1. The lowest BCUT2D eigenvalue weighted by Crippen LogP contribution is -2.04. The highest BCUT2D eigenvalue weighted by Crippen LogP contribution is 2.34. The molecule has 0 saturated heterocycles. The number of methoxy groups -OCH3 is 1. The van der Waals surface area contributed by atoms with Crippen LogP contribution in [0.4, 0.5) is 11.4 Å². The van der Waals surface area contributed by atoms with E-state index < -0.39 is 4.92 Å². The first kappa shape index (κ1) is 12.8. The molecule has 0 aromatic heterocycles. The molecule has 17 heavy (non-hydrogen) atoms. The highest BCUT2D eigenvalue weighted by molar-refractivity contribution is 5.68. The predicted octanol–water partition coefficient (Wildman–Crippen LogP) is 2.43. The monoisotopic (exact) mass is 234 g/mol. The zero-order valence-corrected chi connectivity index (χ0v) is 9.82. The second kappa shape index (κ2) is 6.38. The molecule has 1 N–H and O–H groups in total. The van der Waals surface area contributed by atoms with Crippen LogP contribution >= 0.6 is 0 Å². The molecule has 0 aliphatic heterocycles. The fourth-order valence-corrected chi connectivity index (χ4v) is 1.40. The molecule has 90 valence electrons. The van der Waals surface area contributed by atoms with Crippen LogP contribution in [0.1, 0.15) is 13.3 Å². The Kier molecular flexibility index (Phi) is 4.82. The third kappa shape index (κ3) is 3.38. The molecule has 0 aliphatic rings. The van der Waals surface area contributed by atoms with Crippen LogP contribution in [0.3, 0.4) is 0 Å². The molecule has 5 heteroatoms. The van der Waals surface area contributed by atoms with Gasteiger partial charge in [-0.2, -0.15) is 0 Å². The van der Waals surface area contributed by atoms with Gasteiger partial charge in [-0.05, 0) is 19.1 Å². The first-order valence-corrected chi connectivity index (χ1v) is 5.15. The van der Waals surface area contributed by atoms with Crippen LogP contribution in [0.2, 0.25) is 0 Å². The van der Waals surface area contributed by atoms with Gasteiger partial charge in [0.05, 0.1) is 12.0 Å². The minimum Gasteiger partial charge on any atom is -0.490 e. The Morgan fingerprint density at radius 3 is 2.88 bits per heavy atom. The van der Waals surface area contributed by atoms with Crippen molar-refractivity contribution in [1.82, 2.24) is 0 Å². The van der Waals surface area contributed by atoms with Crippen molar-refractivity contribution < 1.29 is 9.66 Å². The summed E-state index contributed by atoms with van der Waals surface area (Å²) in [4.78, 5) is 10.5. The Labute approximate surface area is 99.9 Å². The molecule has 1 aromatic carbocycles. The number of anilines is 1. The Balaban J connectivity index is 2.89. The largest absolute Gasteiger partial charge is 0.490 e. The number of nitrogens with zero attached hydrogens (tertiary/aromatic N) is 1. The van der Waals surface area contributed by atoms with Crippen molar-refractivity contribution in [2.75, 3.05) is 19.0 Å². The van der Waals surface area contributed by atoms with Crippen molar-refractivity contribution in [1.29, 1.82) is 0 Å². The molecular weight excluding hydrogens is 220 g/mol. The van der Waals surface area contributed by atoms with Crippen LogP contribution in [0.15, 0.2) is 18.2 Å². The van der Waals surface area contributed by atoms with Crippen LogP contribution in [0.25, 0.3) is 0 Å². The fourth-order valence-electron chi connectivity index (χ4n) is 1.40. The molecule has 0 aliphatic carbocycles. The number of rotatable bonds is 5. The summed E-state index contributed by atoms with van der Waals surface area (Å²) in [6.07, 6.45) is 0.644. The average molecular weight is 234 g/mol. The van der Waals surface area contributed by atoms with Crippen molar-refractivity contribution in [3.05, 3.63) is 28.3 Å². The Morgan fingerprint density at radius 1 is 1.53 bits per heavy atom. The van der Waals surface area contributed by atoms with E-state index in [1.54, 1.807) is 25.1 Å². The first-order chi connectivity index (χ1) is 8.20. The molecule has 0 atom stereocenters. The maximum absolute atomic E-state index is 10.9. The minimum absolute atomic E-state index is 0.0422. The Bertz CT molecular complexity index is 461. The molecule has 5 nitrogen and oxygen atoms in total. The topological polar surface area (TPSA) is 64.4 Å². The molecule has 1 aromatic rings. The van der Waals surface area contributed by atoms with Crippen LogP contribution in [0.5, 0.6) is 5.75 Å². The van der Waals surface area contributed by atoms with Gasteiger partial charge in [-0.15, -0.1) is 11.8 Å². The van der Waals surface area contributed by atoms with E-state index in [0.29, 0.717) is 18.7 Å². The van der Waals surface area contributed by atoms with Crippen molar-refractivity contribution in [3.8, 4) is 17.6 Å². The maximum atomic E-state index is 10.9. The smallest absolute Gasteiger partial charge is 0.333 e. The molecular formula is C12H14N2O3. The van der Waals surface area contributed by atoms with Gasteiger partial charge in [0.25, 0.3) is 0 Å². The zero-order chi connectivity index (χ0) is 12.7. The van der Waals surface area contributed by atoms with Gasteiger partial charge >= 0.3 is 5.69 Å². The van der Waals surface area contributed by atoms with E-state index >= 15 is 0 Å². The van der Waals surface area contributed by atoms with Gasteiger partial charge in [-0.25, -0.2) is 0 Å². The summed E-state index contributed by atoms with van der Waals surface area (Å²) < 4.78 is 4.97. The van der Waals surface area contributed by atoms with Crippen LogP contribution < -0.4 is 10.1 Å². The van der Waals surface area contributed by atoms with E-state index in [4.69, 9.17) is 4.74 Å². The van der Waals surface area contributed by atoms with Crippen molar-refractivity contribution in [2.24, 2.45) is 0 Å². The molecule has 0 spiro atoms. The minimum atomic E-state index is -0.452. The molecule has 0 amide bonds. The molecule has 0 radical (unpaired) electrons. The van der Waals surface area contributed by atoms with Crippen molar-refractivity contribution in [3.63, 3.8) is 0 Å². The quantitative estimate of drug-likeness (QED) is 0.368. The lowest BCUT2D eigenvalue weighted by molar-refractivity contribution is -0.384. The van der Waals surface area contributed by atoms with Crippen LogP contribution in [0, 0.1) is 22.0 Å². The second-order valence-electron chi connectivity index (χ2n) is 3.22. The fraction of sp³-hybridized carbons (Fsp3) is 0.333. The van der Waals surface area contributed by atoms with Gasteiger partial charge < -0.3 is 10.1 Å². The van der Waals surface area contributed by atoms with Gasteiger partial charge in [0.1, 0.15) is 5.69 Å². The lowest BCUT2D eigenvalue weighted by atomic mass is 10.2. The SMILES string of the molecule is CC#CCCNc1cccc(OC)c1[N+](=O)[O-]. The Hall–Kier alpha value is -2.22. The third-order valence-corrected chi connectivity index (χ3v) is 2.14. The number of hydrogen-bond acceptors (Lipinski definition) is 4. The second-order valence-corrected chi connectivity index (χ2v) is 3.22. The lowest BCUT2D eigenvalue weighted by Gasteiger charge is -2.08. The van der Waals surface area contributed by atoms with E-state index in [1.807, 2.05) is 0 Å². The summed E-state index contributed by atoms with van der Waals surface area (Å²) in [6.45, 7) is 2.32. The van der Waals surface area contributed by atoms with E-state index in [2.05, 4.69) is 17.2 Å². The molecule has 1 rings (SSSR count). The number of para-hydroxylation sites is 1. The van der Waals surface area contributed by atoms with Crippen LogP contribution in [-0.2, 0) is 0 Å². The molecule has 0 bridgehead atoms. The van der Waals surface area contributed by atoms with Crippen molar-refractivity contribution in [2.45, 2.75) is 13.3 Å². The number of nitro groups is 1. The van der Waals surface area contributed by atoms with E-state index in [0.717, 1.165) is 0 Å². The Morgan fingerprint density at radius 2 is 2.29 bits per heavy atom. The predicted molar refractivity (Wildman–Crippen MR) is 66.2 cm³/mol. The van der Waals surface area contributed by atoms with Gasteiger partial charge in [0, 0.05) is 13.0 Å². The summed E-state index contributed by atoms with van der Waals surface area (Å²) in [5, 5.41) is 13.9. The molecule has 0 unspecified atom stereocenters. The van der Waals surface area contributed by atoms with Crippen LogP contribution in [-0.4, -0.2) is 18.6 Å². The summed E-state index contributed by atoms with van der Waals surface area (Å²) in [7, 11) is 1.41. The number of ether oxygens (including phenoxy) is 1. The van der Waals surface area contributed by atoms with Gasteiger partial charge in [0.15, 0.2) is 5.75 Å². The summed E-state index contributed by atoms with van der Waals surface area (Å²) in [5.74, 6) is 5.90. The summed E-state index contributed by atoms with van der Waals surface area (Å²) >= 11 is 0. The van der Waals surface area contributed by atoms with E-state index in [9.17, 15) is 10.1 Å². The van der Waals surface area contributed by atoms with Gasteiger partial charge in [-0.1, -0.05) is 6.07 Å². The summed E-state index contributed by atoms with van der Waals surface area (Å²) in [6, 6.07) is 4.93. The van der Waals surface area contributed by atoms with Gasteiger partial charge in [-0.3, -0.25) is 10.1 Å². The highest BCUT2D eigenvalue weighted by Gasteiger charge is 2.19. The maximum Gasteiger partial charge on any atom is 0.333 e. The van der Waals surface area contributed by atoms with E-state index in [-0.39, 0.29) is 11.4 Å². The first-order valence-electron chi connectivity index (χ1n) is 5.15. The van der Waals surface area contributed by atoms with E-state index in [1.165, 1.54) is 7.11 Å². The molecule has 0 saturated carbocycles. The molecule has 0 fully saturated rings. The number of hydrogen-bond donors (Lipinski definition) is 1. The number of nitrogens with one attached hydrogen (secondary N) is 1. The van der Waals surface area contributed by atoms with Gasteiger partial charge in [0.2, 0.25) is 0 Å². The van der Waals surface area contributed by atoms with Crippen molar-refractivity contribution >= 4 is 11.4 Å². The third-order valence-electron chi connectivity index (χ3n) is 2.14. The average Bonchev–Trinajstić information content (AvgIpc) is 2.33. The standard InChI is InChI=1S/C12H14N2O3/c1-3-4-5-9-13-10-7-6-8-11(17-2)12(10)14(15)16/h6-8,13H,5,9H2,1-2H3. The highest BCUT2D eigenvalue weighted by atomic mass is 16.6.